The van der Waals surface area contributed by atoms with Crippen LogP contribution in [0.5, 0.6) is 0 Å². The molecule has 2 N–H and O–H groups in total. The molecule has 0 aliphatic carbocycles. The van der Waals surface area contributed by atoms with E-state index in [-0.39, 0.29) is 5.41 Å². The highest BCUT2D eigenvalue weighted by molar-refractivity contribution is 5.25. The van der Waals surface area contributed by atoms with Gasteiger partial charge in [-0.1, -0.05) is 37.3 Å². The van der Waals surface area contributed by atoms with Crippen LogP contribution in [-0.4, -0.2) is 44.3 Å². The van der Waals surface area contributed by atoms with Gasteiger partial charge in [0.15, 0.2) is 0 Å². The van der Waals surface area contributed by atoms with Crippen LogP contribution < -0.4 is 5.73 Å². The Labute approximate surface area is 117 Å². The van der Waals surface area contributed by atoms with Crippen LogP contribution in [0.25, 0.3) is 0 Å². The van der Waals surface area contributed by atoms with E-state index in [1.165, 1.54) is 5.56 Å². The summed E-state index contributed by atoms with van der Waals surface area (Å²) in [5, 5.41) is 0. The molecule has 1 rings (SSSR count). The first kappa shape index (κ1) is 16.2. The minimum Gasteiger partial charge on any atom is -0.377 e. The highest BCUT2D eigenvalue weighted by atomic mass is 16.5. The number of likely N-dealkylation sites (N-methyl/N-ethyl adjacent to an activating group) is 1. The Morgan fingerprint density at radius 1 is 1.26 bits per heavy atom. The fourth-order valence-electron chi connectivity index (χ4n) is 2.23. The quantitative estimate of drug-likeness (QED) is 0.783. The van der Waals surface area contributed by atoms with Crippen LogP contribution in [0.4, 0.5) is 0 Å². The first-order chi connectivity index (χ1) is 8.98. The molecule has 0 amide bonds. The molecule has 3 nitrogen and oxygen atoms in total. The summed E-state index contributed by atoms with van der Waals surface area (Å²) in [7, 11) is 2.13. The summed E-state index contributed by atoms with van der Waals surface area (Å²) >= 11 is 0. The molecule has 0 bridgehead atoms. The molecule has 1 atom stereocenters. The van der Waals surface area contributed by atoms with Gasteiger partial charge in [0.1, 0.15) is 0 Å². The number of benzene rings is 1. The molecule has 0 saturated carbocycles. The molecule has 0 heterocycles. The van der Waals surface area contributed by atoms with Gasteiger partial charge in [-0.05, 0) is 26.5 Å². The molecule has 0 aromatic heterocycles. The van der Waals surface area contributed by atoms with E-state index in [2.05, 4.69) is 57.0 Å². The van der Waals surface area contributed by atoms with E-state index in [1.54, 1.807) is 0 Å². The van der Waals surface area contributed by atoms with Gasteiger partial charge in [0.05, 0.1) is 12.7 Å². The average molecular weight is 264 g/mol. The second-order valence-electron chi connectivity index (χ2n) is 5.79. The number of nitrogens with zero attached hydrogens (tertiary/aromatic N) is 1. The lowest BCUT2D eigenvalue weighted by molar-refractivity contribution is 0.0604. The monoisotopic (exact) mass is 264 g/mol. The number of hydrogen-bond acceptors (Lipinski definition) is 3. The summed E-state index contributed by atoms with van der Waals surface area (Å²) < 4.78 is 5.59. The summed E-state index contributed by atoms with van der Waals surface area (Å²) in [6.07, 6.45) is 0.295. The zero-order chi connectivity index (χ0) is 14.3. The first-order valence-corrected chi connectivity index (χ1v) is 7.03. The molecule has 108 valence electrons. The maximum Gasteiger partial charge on any atom is 0.0596 e. The smallest absolute Gasteiger partial charge is 0.0596 e. The van der Waals surface area contributed by atoms with Crippen molar-refractivity contribution in [2.75, 3.05) is 33.3 Å². The predicted octanol–water partition coefficient (Wildman–Crippen LogP) is 2.26. The van der Waals surface area contributed by atoms with Crippen molar-refractivity contribution in [1.82, 2.24) is 4.90 Å². The Bertz CT molecular complexity index is 353. The van der Waals surface area contributed by atoms with Crippen LogP contribution in [0.15, 0.2) is 30.3 Å². The van der Waals surface area contributed by atoms with E-state index in [1.807, 2.05) is 6.07 Å². The van der Waals surface area contributed by atoms with Crippen molar-refractivity contribution < 1.29 is 4.74 Å². The molecule has 3 heteroatoms. The van der Waals surface area contributed by atoms with Gasteiger partial charge in [-0.3, -0.25) is 0 Å². The van der Waals surface area contributed by atoms with E-state index in [4.69, 9.17) is 10.5 Å². The minimum absolute atomic E-state index is 0.00611. The average Bonchev–Trinajstić information content (AvgIpc) is 2.39. The third-order valence-electron chi connectivity index (χ3n) is 3.46. The maximum atomic E-state index is 6.01. The van der Waals surface area contributed by atoms with E-state index in [9.17, 15) is 0 Å². The molecule has 1 aromatic carbocycles. The highest BCUT2D eigenvalue weighted by Gasteiger charge is 2.26. The summed E-state index contributed by atoms with van der Waals surface area (Å²) in [5.74, 6) is 0. The standard InChI is InChI=1S/C16H28N2O/c1-14(2)19-11-10-18(4)13-16(3,12-17)15-8-6-5-7-9-15/h5-9,14H,10-13,17H2,1-4H3. The lowest BCUT2D eigenvalue weighted by Gasteiger charge is -2.33. The summed E-state index contributed by atoms with van der Waals surface area (Å²) in [5.41, 5.74) is 7.30. The van der Waals surface area contributed by atoms with Crippen molar-refractivity contribution in [2.45, 2.75) is 32.3 Å². The van der Waals surface area contributed by atoms with Crippen molar-refractivity contribution in [2.24, 2.45) is 5.73 Å². The second kappa shape index (κ2) is 7.63. The fourth-order valence-corrected chi connectivity index (χ4v) is 2.23. The Morgan fingerprint density at radius 3 is 2.42 bits per heavy atom. The van der Waals surface area contributed by atoms with Gasteiger partial charge >= 0.3 is 0 Å². The fraction of sp³-hybridized carbons (Fsp3) is 0.625. The third kappa shape index (κ3) is 5.31. The van der Waals surface area contributed by atoms with Crippen LogP contribution in [0.2, 0.25) is 0 Å². The lowest BCUT2D eigenvalue weighted by Crippen LogP contribution is -2.43. The van der Waals surface area contributed by atoms with Gasteiger partial charge < -0.3 is 15.4 Å². The van der Waals surface area contributed by atoms with Crippen LogP contribution in [0.3, 0.4) is 0 Å². The highest BCUT2D eigenvalue weighted by Crippen LogP contribution is 2.23. The summed E-state index contributed by atoms with van der Waals surface area (Å²) in [6, 6.07) is 10.5. The third-order valence-corrected chi connectivity index (χ3v) is 3.46. The van der Waals surface area contributed by atoms with Gasteiger partial charge in [0.25, 0.3) is 0 Å². The van der Waals surface area contributed by atoms with Gasteiger partial charge in [-0.15, -0.1) is 0 Å². The number of ether oxygens (including phenoxy) is 1. The molecule has 0 spiro atoms. The van der Waals surface area contributed by atoms with Crippen LogP contribution in [-0.2, 0) is 10.2 Å². The van der Waals surface area contributed by atoms with Crippen molar-refractivity contribution in [3.63, 3.8) is 0 Å². The van der Waals surface area contributed by atoms with Gasteiger partial charge in [-0.2, -0.15) is 0 Å². The second-order valence-corrected chi connectivity index (χ2v) is 5.79. The molecule has 0 radical (unpaired) electrons. The summed E-state index contributed by atoms with van der Waals surface area (Å²) in [4.78, 5) is 2.29. The van der Waals surface area contributed by atoms with E-state index in [0.29, 0.717) is 12.6 Å². The molecule has 0 saturated heterocycles. The molecule has 0 fully saturated rings. The number of nitrogens with two attached hydrogens (primary N) is 1. The molecular formula is C16H28N2O. The normalized spacial score (nSPS) is 14.9. The number of rotatable bonds is 8. The topological polar surface area (TPSA) is 38.5 Å². The lowest BCUT2D eigenvalue weighted by atomic mass is 9.82. The molecule has 1 aromatic rings. The van der Waals surface area contributed by atoms with Crippen molar-refractivity contribution in [1.29, 1.82) is 0 Å². The van der Waals surface area contributed by atoms with Crippen LogP contribution in [0.1, 0.15) is 26.3 Å². The zero-order valence-electron chi connectivity index (χ0n) is 12.7. The Balaban J connectivity index is 2.56. The van der Waals surface area contributed by atoms with Gasteiger partial charge in [0, 0.05) is 25.0 Å². The van der Waals surface area contributed by atoms with E-state index >= 15 is 0 Å². The maximum absolute atomic E-state index is 6.01. The molecule has 0 aliphatic heterocycles. The number of hydrogen-bond donors (Lipinski definition) is 1. The summed E-state index contributed by atoms with van der Waals surface area (Å²) in [6.45, 7) is 9.63. The predicted molar refractivity (Wildman–Crippen MR) is 81.4 cm³/mol. The largest absolute Gasteiger partial charge is 0.377 e. The Morgan fingerprint density at radius 2 is 1.89 bits per heavy atom. The van der Waals surface area contributed by atoms with Crippen LogP contribution >= 0.6 is 0 Å². The SMILES string of the molecule is CC(C)OCCN(C)CC(C)(CN)c1ccccc1. The first-order valence-electron chi connectivity index (χ1n) is 7.03. The van der Waals surface area contributed by atoms with Crippen molar-refractivity contribution in [3.8, 4) is 0 Å². The van der Waals surface area contributed by atoms with Gasteiger partial charge in [-0.25, -0.2) is 0 Å². The Hall–Kier alpha value is -0.900. The molecule has 0 aliphatic rings. The zero-order valence-corrected chi connectivity index (χ0v) is 12.7. The van der Waals surface area contributed by atoms with E-state index < -0.39 is 0 Å². The molecular weight excluding hydrogens is 236 g/mol. The van der Waals surface area contributed by atoms with Crippen molar-refractivity contribution in [3.05, 3.63) is 35.9 Å². The van der Waals surface area contributed by atoms with Crippen molar-refractivity contribution >= 4 is 0 Å². The van der Waals surface area contributed by atoms with Crippen LogP contribution in [0, 0.1) is 0 Å². The molecule has 1 unspecified atom stereocenters. The molecule has 19 heavy (non-hydrogen) atoms. The van der Waals surface area contributed by atoms with E-state index in [0.717, 1.165) is 19.7 Å². The Kier molecular flexibility index (Phi) is 6.49. The minimum atomic E-state index is -0.00611. The van der Waals surface area contributed by atoms with Gasteiger partial charge in [0.2, 0.25) is 0 Å².